The van der Waals surface area contributed by atoms with E-state index in [0.717, 1.165) is 22.3 Å². The minimum atomic E-state index is -0.824. The number of halogens is 1. The lowest BCUT2D eigenvalue weighted by atomic mass is 9.84. The van der Waals surface area contributed by atoms with Crippen molar-refractivity contribution in [2.24, 2.45) is 0 Å². The number of rotatable bonds is 6. The third kappa shape index (κ3) is 4.53. The van der Waals surface area contributed by atoms with Crippen LogP contribution >= 0.6 is 0 Å². The van der Waals surface area contributed by atoms with Gasteiger partial charge in [-0.3, -0.25) is 0 Å². The van der Waals surface area contributed by atoms with Gasteiger partial charge in [0.05, 0.1) is 12.1 Å². The number of ether oxygens (including phenoxy) is 1. The molecule has 0 bridgehead atoms. The maximum Gasteiger partial charge on any atom is 0.411 e. The normalized spacial score (nSPS) is 20.5. The van der Waals surface area contributed by atoms with Gasteiger partial charge in [0.1, 0.15) is 11.4 Å². The molecule has 1 heterocycles. The number of cyclic esters (lactones) is 1. The summed E-state index contributed by atoms with van der Waals surface area (Å²) in [4.78, 5) is 14.8. The summed E-state index contributed by atoms with van der Waals surface area (Å²) in [7, 11) is 0. The van der Waals surface area contributed by atoms with E-state index in [2.05, 4.69) is 0 Å². The number of benzene rings is 3. The van der Waals surface area contributed by atoms with Crippen LogP contribution in [0.3, 0.4) is 0 Å². The van der Waals surface area contributed by atoms with Crippen LogP contribution in [0.5, 0.6) is 0 Å². The van der Waals surface area contributed by atoms with Crippen LogP contribution in [0.4, 0.5) is 9.18 Å². The van der Waals surface area contributed by atoms with Crippen molar-refractivity contribution in [3.63, 3.8) is 0 Å². The SMILES string of the molecule is CC(O)C[C@]1(c2ccccc2)CCN([C@@H](C)c2ccc(-c3ccc(F)cc3)cc2)C(=O)O1. The van der Waals surface area contributed by atoms with Crippen LogP contribution in [-0.2, 0) is 10.3 Å². The fourth-order valence-electron chi connectivity index (χ4n) is 4.48. The molecule has 0 spiro atoms. The molecule has 1 N–H and O–H groups in total. The molecular formula is C27H28FNO3. The second-order valence-electron chi connectivity index (χ2n) is 8.53. The first-order valence-electron chi connectivity index (χ1n) is 11.0. The van der Waals surface area contributed by atoms with Crippen LogP contribution in [0.2, 0.25) is 0 Å². The third-order valence-corrected chi connectivity index (χ3v) is 6.24. The van der Waals surface area contributed by atoms with Gasteiger partial charge in [-0.15, -0.1) is 0 Å². The fourth-order valence-corrected chi connectivity index (χ4v) is 4.48. The van der Waals surface area contributed by atoms with E-state index in [1.807, 2.05) is 61.5 Å². The first kappa shape index (κ1) is 22.0. The number of hydrogen-bond donors (Lipinski definition) is 1. The van der Waals surface area contributed by atoms with E-state index >= 15 is 0 Å². The van der Waals surface area contributed by atoms with Crippen LogP contribution in [0.15, 0.2) is 78.9 Å². The Hall–Kier alpha value is -3.18. The molecule has 166 valence electrons. The largest absolute Gasteiger partial charge is 0.438 e. The van der Waals surface area contributed by atoms with Crippen molar-refractivity contribution in [1.29, 1.82) is 0 Å². The summed E-state index contributed by atoms with van der Waals surface area (Å²) in [6.45, 7) is 4.23. The highest BCUT2D eigenvalue weighted by Crippen LogP contribution is 2.40. The number of hydrogen-bond acceptors (Lipinski definition) is 3. The Labute approximate surface area is 188 Å². The molecule has 4 nitrogen and oxygen atoms in total. The number of carbonyl (C=O) groups is 1. The topological polar surface area (TPSA) is 49.8 Å². The van der Waals surface area contributed by atoms with Crippen LogP contribution in [-0.4, -0.2) is 28.7 Å². The molecule has 0 aromatic heterocycles. The van der Waals surface area contributed by atoms with Gasteiger partial charge in [-0.2, -0.15) is 0 Å². The molecule has 3 aromatic rings. The zero-order valence-electron chi connectivity index (χ0n) is 18.4. The van der Waals surface area contributed by atoms with Crippen LogP contribution < -0.4 is 0 Å². The average Bonchev–Trinajstić information content (AvgIpc) is 2.79. The molecule has 4 rings (SSSR count). The summed E-state index contributed by atoms with van der Waals surface area (Å²) >= 11 is 0. The highest BCUT2D eigenvalue weighted by molar-refractivity contribution is 5.70. The first-order valence-corrected chi connectivity index (χ1v) is 11.0. The van der Waals surface area contributed by atoms with Gasteiger partial charge in [0, 0.05) is 19.4 Å². The van der Waals surface area contributed by atoms with Crippen LogP contribution in [0, 0.1) is 5.82 Å². The smallest absolute Gasteiger partial charge is 0.411 e. The quantitative estimate of drug-likeness (QED) is 0.514. The number of aliphatic hydroxyl groups is 1. The van der Waals surface area contributed by atoms with E-state index < -0.39 is 11.7 Å². The van der Waals surface area contributed by atoms with Gasteiger partial charge in [0.25, 0.3) is 0 Å². The molecule has 3 atom stereocenters. The Bertz CT molecular complexity index is 1050. The van der Waals surface area contributed by atoms with E-state index in [0.29, 0.717) is 19.4 Å². The minimum absolute atomic E-state index is 0.162. The monoisotopic (exact) mass is 433 g/mol. The predicted molar refractivity (Wildman–Crippen MR) is 122 cm³/mol. The number of aliphatic hydroxyl groups excluding tert-OH is 1. The van der Waals surface area contributed by atoms with Gasteiger partial charge in [0.15, 0.2) is 0 Å². The van der Waals surface area contributed by atoms with Crippen LogP contribution in [0.1, 0.15) is 43.9 Å². The molecule has 1 aliphatic heterocycles. The Morgan fingerprint density at radius 2 is 1.56 bits per heavy atom. The van der Waals surface area contributed by atoms with E-state index in [1.165, 1.54) is 12.1 Å². The van der Waals surface area contributed by atoms with Crippen molar-refractivity contribution < 1.29 is 19.0 Å². The van der Waals surface area contributed by atoms with Crippen molar-refractivity contribution in [2.75, 3.05) is 6.54 Å². The molecule has 0 radical (unpaired) electrons. The second kappa shape index (κ2) is 9.13. The summed E-state index contributed by atoms with van der Waals surface area (Å²) in [5.74, 6) is -0.259. The summed E-state index contributed by atoms with van der Waals surface area (Å²) in [5, 5.41) is 10.1. The lowest BCUT2D eigenvalue weighted by Gasteiger charge is -2.44. The first-order chi connectivity index (χ1) is 15.4. The molecule has 1 amide bonds. The number of nitrogens with zero attached hydrogens (tertiary/aromatic N) is 1. The fraction of sp³-hybridized carbons (Fsp3) is 0.296. The van der Waals surface area contributed by atoms with E-state index in [1.54, 1.807) is 24.0 Å². The molecule has 1 fully saturated rings. The van der Waals surface area contributed by atoms with Crippen molar-refractivity contribution in [1.82, 2.24) is 4.90 Å². The zero-order chi connectivity index (χ0) is 22.7. The Balaban J connectivity index is 1.51. The molecule has 0 saturated carbocycles. The highest BCUT2D eigenvalue weighted by atomic mass is 19.1. The maximum absolute atomic E-state index is 13.2. The second-order valence-corrected chi connectivity index (χ2v) is 8.53. The van der Waals surface area contributed by atoms with Gasteiger partial charge in [-0.1, -0.05) is 66.7 Å². The summed E-state index contributed by atoms with van der Waals surface area (Å²) in [5.41, 5.74) is 3.01. The maximum atomic E-state index is 13.2. The lowest BCUT2D eigenvalue weighted by Crippen LogP contribution is -2.49. The average molecular weight is 434 g/mol. The summed E-state index contributed by atoms with van der Waals surface area (Å²) < 4.78 is 19.2. The molecule has 5 heteroatoms. The van der Waals surface area contributed by atoms with E-state index in [4.69, 9.17) is 4.74 Å². The lowest BCUT2D eigenvalue weighted by molar-refractivity contribution is -0.0815. The standard InChI is InChI=1S/C27H28FNO3/c1-19(30)18-27(24-6-4-3-5-7-24)16-17-29(26(31)32-27)20(2)21-8-10-22(11-9-21)23-12-14-25(28)15-13-23/h3-15,19-20,30H,16-18H2,1-2H3/t19?,20-,27-/m0/s1. The van der Waals surface area contributed by atoms with E-state index in [-0.39, 0.29) is 18.0 Å². The molecular weight excluding hydrogens is 405 g/mol. The minimum Gasteiger partial charge on any atom is -0.438 e. The van der Waals surface area contributed by atoms with Crippen molar-refractivity contribution in [2.45, 2.75) is 44.4 Å². The van der Waals surface area contributed by atoms with Gasteiger partial charge in [-0.25, -0.2) is 9.18 Å². The van der Waals surface area contributed by atoms with E-state index in [9.17, 15) is 14.3 Å². The van der Waals surface area contributed by atoms with Crippen molar-refractivity contribution >= 4 is 6.09 Å². The highest BCUT2D eigenvalue weighted by Gasteiger charge is 2.44. The third-order valence-electron chi connectivity index (χ3n) is 6.24. The number of amides is 1. The molecule has 1 unspecified atom stereocenters. The van der Waals surface area contributed by atoms with Crippen LogP contribution in [0.25, 0.3) is 11.1 Å². The summed E-state index contributed by atoms with van der Waals surface area (Å²) in [6.07, 6.45) is -0.00920. The molecule has 1 saturated heterocycles. The van der Waals surface area contributed by atoms with Gasteiger partial charge < -0.3 is 14.7 Å². The zero-order valence-corrected chi connectivity index (χ0v) is 18.4. The van der Waals surface area contributed by atoms with Crippen molar-refractivity contribution in [3.8, 4) is 11.1 Å². The summed E-state index contributed by atoms with van der Waals surface area (Å²) in [6, 6.07) is 23.8. The Morgan fingerprint density at radius 3 is 2.12 bits per heavy atom. The van der Waals surface area contributed by atoms with Gasteiger partial charge in [-0.05, 0) is 48.2 Å². The molecule has 3 aromatic carbocycles. The van der Waals surface area contributed by atoms with Gasteiger partial charge >= 0.3 is 6.09 Å². The Morgan fingerprint density at radius 1 is 0.969 bits per heavy atom. The Kier molecular flexibility index (Phi) is 6.28. The van der Waals surface area contributed by atoms with Gasteiger partial charge in [0.2, 0.25) is 0 Å². The predicted octanol–water partition coefficient (Wildman–Crippen LogP) is 6.06. The molecule has 32 heavy (non-hydrogen) atoms. The molecule has 0 aliphatic carbocycles. The molecule has 1 aliphatic rings. The van der Waals surface area contributed by atoms with Crippen molar-refractivity contribution in [3.05, 3.63) is 95.8 Å². The number of carbonyl (C=O) groups excluding carboxylic acids is 1.